The molecule has 19 heavy (non-hydrogen) atoms. The monoisotopic (exact) mass is 257 g/mol. The maximum Gasteiger partial charge on any atom is 0.267 e. The van der Waals surface area contributed by atoms with E-state index >= 15 is 0 Å². The van der Waals surface area contributed by atoms with Gasteiger partial charge in [0.2, 0.25) is 0 Å². The van der Waals surface area contributed by atoms with Crippen molar-refractivity contribution in [2.45, 2.75) is 13.3 Å². The molecule has 1 amide bonds. The number of ether oxygens (including phenoxy) is 1. The van der Waals surface area contributed by atoms with Gasteiger partial charge >= 0.3 is 0 Å². The molecule has 1 aromatic rings. The Morgan fingerprint density at radius 3 is 2.89 bits per heavy atom. The molecule has 1 aromatic heterocycles. The van der Waals surface area contributed by atoms with Crippen LogP contribution in [0.5, 0.6) is 5.75 Å². The van der Waals surface area contributed by atoms with Gasteiger partial charge in [-0.25, -0.2) is 0 Å². The van der Waals surface area contributed by atoms with E-state index in [1.165, 1.54) is 6.20 Å². The van der Waals surface area contributed by atoms with Crippen molar-refractivity contribution < 1.29 is 9.53 Å². The minimum Gasteiger partial charge on any atom is -0.457 e. The Balaban J connectivity index is 2.25. The van der Waals surface area contributed by atoms with Gasteiger partial charge in [0.05, 0.1) is 0 Å². The molecule has 0 saturated heterocycles. The van der Waals surface area contributed by atoms with E-state index in [1.54, 1.807) is 25.1 Å². The van der Waals surface area contributed by atoms with Gasteiger partial charge in [0.25, 0.3) is 5.91 Å². The molecule has 1 heterocycles. The number of carbonyl (C=O) groups excluding carboxylic acids is 1. The molecule has 5 heteroatoms. The minimum absolute atomic E-state index is 0.216. The lowest BCUT2D eigenvalue weighted by molar-refractivity contribution is 0.0994. The number of hydrogen-bond donors (Lipinski definition) is 2. The standard InChI is InChI=1S/C14H15N3O2/c1-9-12(7-8-17-13(9)14(16)18)19-11-4-2-3-10(15)5-6-11/h3-8H,2,15H2,1H3,(H2,16,18). The lowest BCUT2D eigenvalue weighted by Gasteiger charge is -2.10. The van der Waals surface area contributed by atoms with E-state index in [0.29, 0.717) is 29.2 Å². The molecule has 0 unspecified atom stereocenters. The fourth-order valence-corrected chi connectivity index (χ4v) is 1.71. The Hall–Kier alpha value is -2.56. The number of amides is 1. The van der Waals surface area contributed by atoms with E-state index in [2.05, 4.69) is 4.98 Å². The lowest BCUT2D eigenvalue weighted by Crippen LogP contribution is -2.15. The molecule has 0 atom stereocenters. The van der Waals surface area contributed by atoms with Gasteiger partial charge in [0, 0.05) is 17.5 Å². The molecule has 0 fully saturated rings. The van der Waals surface area contributed by atoms with Crippen molar-refractivity contribution in [3.63, 3.8) is 0 Å². The van der Waals surface area contributed by atoms with Crippen LogP contribution < -0.4 is 16.2 Å². The molecular formula is C14H15N3O2. The van der Waals surface area contributed by atoms with Crippen LogP contribution in [0.4, 0.5) is 0 Å². The van der Waals surface area contributed by atoms with Crippen molar-refractivity contribution in [3.8, 4) is 5.75 Å². The van der Waals surface area contributed by atoms with Crippen molar-refractivity contribution in [3.05, 3.63) is 59.3 Å². The van der Waals surface area contributed by atoms with E-state index in [-0.39, 0.29) is 5.69 Å². The summed E-state index contributed by atoms with van der Waals surface area (Å²) in [6.07, 6.45) is 9.53. The highest BCUT2D eigenvalue weighted by Gasteiger charge is 2.12. The molecular weight excluding hydrogens is 242 g/mol. The number of rotatable bonds is 3. The summed E-state index contributed by atoms with van der Waals surface area (Å²) >= 11 is 0. The number of nitrogens with zero attached hydrogens (tertiary/aromatic N) is 1. The Labute approximate surface area is 111 Å². The Bertz CT molecular complexity index is 601. The zero-order valence-electron chi connectivity index (χ0n) is 10.6. The van der Waals surface area contributed by atoms with Gasteiger partial charge in [-0.15, -0.1) is 0 Å². The second-order valence-electron chi connectivity index (χ2n) is 4.13. The second kappa shape index (κ2) is 5.39. The zero-order valence-corrected chi connectivity index (χ0v) is 10.6. The van der Waals surface area contributed by atoms with Crippen molar-refractivity contribution in [2.75, 3.05) is 0 Å². The van der Waals surface area contributed by atoms with Crippen LogP contribution in [0.1, 0.15) is 22.5 Å². The van der Waals surface area contributed by atoms with Gasteiger partial charge in [-0.05, 0) is 37.6 Å². The number of pyridine rings is 1. The largest absolute Gasteiger partial charge is 0.457 e. The first-order chi connectivity index (χ1) is 9.08. The normalized spacial score (nSPS) is 14.4. The molecule has 0 radical (unpaired) electrons. The number of carbonyl (C=O) groups is 1. The number of hydrogen-bond acceptors (Lipinski definition) is 4. The fraction of sp³-hybridized carbons (Fsp3) is 0.143. The highest BCUT2D eigenvalue weighted by atomic mass is 16.5. The van der Waals surface area contributed by atoms with Gasteiger partial charge in [0.15, 0.2) is 0 Å². The van der Waals surface area contributed by atoms with Crippen LogP contribution in [0.3, 0.4) is 0 Å². The zero-order chi connectivity index (χ0) is 13.8. The van der Waals surface area contributed by atoms with E-state index in [1.807, 2.05) is 12.2 Å². The average molecular weight is 257 g/mol. The third-order valence-electron chi connectivity index (χ3n) is 2.73. The Morgan fingerprint density at radius 1 is 1.37 bits per heavy atom. The molecule has 4 N–H and O–H groups in total. The molecule has 0 aliphatic heterocycles. The van der Waals surface area contributed by atoms with Crippen LogP contribution in [0, 0.1) is 6.92 Å². The average Bonchev–Trinajstić information content (AvgIpc) is 2.57. The molecule has 2 rings (SSSR count). The van der Waals surface area contributed by atoms with Crippen molar-refractivity contribution in [1.29, 1.82) is 0 Å². The summed E-state index contributed by atoms with van der Waals surface area (Å²) in [6, 6.07) is 1.69. The summed E-state index contributed by atoms with van der Waals surface area (Å²) < 4.78 is 5.74. The second-order valence-corrected chi connectivity index (χ2v) is 4.13. The first-order valence-electron chi connectivity index (χ1n) is 5.85. The van der Waals surface area contributed by atoms with Gasteiger partial charge in [-0.3, -0.25) is 9.78 Å². The van der Waals surface area contributed by atoms with Crippen LogP contribution in [-0.2, 0) is 0 Å². The van der Waals surface area contributed by atoms with E-state index in [4.69, 9.17) is 16.2 Å². The maximum atomic E-state index is 11.2. The predicted octanol–water partition coefficient (Wildman–Crippen LogP) is 1.55. The van der Waals surface area contributed by atoms with Gasteiger partial charge < -0.3 is 16.2 Å². The summed E-state index contributed by atoms with van der Waals surface area (Å²) in [5, 5.41) is 0. The number of primary amides is 1. The molecule has 0 bridgehead atoms. The Kier molecular flexibility index (Phi) is 3.66. The van der Waals surface area contributed by atoms with E-state index in [0.717, 1.165) is 0 Å². The van der Waals surface area contributed by atoms with Crippen LogP contribution in [0.25, 0.3) is 0 Å². The summed E-state index contributed by atoms with van der Waals surface area (Å²) in [7, 11) is 0. The van der Waals surface area contributed by atoms with Crippen LogP contribution in [-0.4, -0.2) is 10.9 Å². The summed E-state index contributed by atoms with van der Waals surface area (Å²) in [6.45, 7) is 1.75. The van der Waals surface area contributed by atoms with Crippen molar-refractivity contribution >= 4 is 5.91 Å². The van der Waals surface area contributed by atoms with Gasteiger partial charge in [-0.2, -0.15) is 0 Å². The first kappa shape index (κ1) is 12.9. The topological polar surface area (TPSA) is 91.2 Å². The number of aromatic nitrogens is 1. The minimum atomic E-state index is -0.570. The van der Waals surface area contributed by atoms with Crippen LogP contribution in [0.2, 0.25) is 0 Å². The van der Waals surface area contributed by atoms with E-state index in [9.17, 15) is 4.79 Å². The van der Waals surface area contributed by atoms with Crippen LogP contribution in [0.15, 0.2) is 48.0 Å². The van der Waals surface area contributed by atoms with Gasteiger partial charge in [0.1, 0.15) is 17.2 Å². The third-order valence-corrected chi connectivity index (χ3v) is 2.73. The highest BCUT2D eigenvalue weighted by molar-refractivity contribution is 5.92. The SMILES string of the molecule is Cc1c(OC2=CCC=C(N)C=C2)ccnc1C(N)=O. The quantitative estimate of drug-likeness (QED) is 0.859. The van der Waals surface area contributed by atoms with Crippen molar-refractivity contribution in [2.24, 2.45) is 11.5 Å². The molecule has 0 saturated carbocycles. The molecule has 5 nitrogen and oxygen atoms in total. The molecule has 1 aliphatic rings. The highest BCUT2D eigenvalue weighted by Crippen LogP contribution is 2.22. The third kappa shape index (κ3) is 3.01. The maximum absolute atomic E-state index is 11.2. The van der Waals surface area contributed by atoms with Crippen molar-refractivity contribution in [1.82, 2.24) is 4.98 Å². The molecule has 98 valence electrons. The Morgan fingerprint density at radius 2 is 2.16 bits per heavy atom. The first-order valence-corrected chi connectivity index (χ1v) is 5.85. The number of nitrogens with two attached hydrogens (primary N) is 2. The van der Waals surface area contributed by atoms with Crippen LogP contribution >= 0.6 is 0 Å². The summed E-state index contributed by atoms with van der Waals surface area (Å²) in [5.74, 6) is 0.654. The summed E-state index contributed by atoms with van der Waals surface area (Å²) in [4.78, 5) is 15.2. The molecule has 0 aromatic carbocycles. The molecule has 1 aliphatic carbocycles. The molecule has 0 spiro atoms. The van der Waals surface area contributed by atoms with Gasteiger partial charge in [-0.1, -0.05) is 6.08 Å². The lowest BCUT2D eigenvalue weighted by atomic mass is 10.2. The smallest absolute Gasteiger partial charge is 0.267 e. The summed E-state index contributed by atoms with van der Waals surface area (Å²) in [5.41, 5.74) is 12.5. The predicted molar refractivity (Wildman–Crippen MR) is 72.2 cm³/mol. The number of allylic oxidation sites excluding steroid dienone is 4. The fourth-order valence-electron chi connectivity index (χ4n) is 1.71. The van der Waals surface area contributed by atoms with E-state index < -0.39 is 5.91 Å².